The van der Waals surface area contributed by atoms with E-state index in [1.807, 2.05) is 24.3 Å². The first-order valence-electron chi connectivity index (χ1n) is 5.50. The summed E-state index contributed by atoms with van der Waals surface area (Å²) in [5.41, 5.74) is 8.08. The number of hydrogen-bond donors (Lipinski definition) is 1. The Morgan fingerprint density at radius 1 is 1.12 bits per heavy atom. The van der Waals surface area contributed by atoms with Gasteiger partial charge < -0.3 is 10.5 Å². The van der Waals surface area contributed by atoms with Crippen molar-refractivity contribution in [1.82, 2.24) is 0 Å². The Labute approximate surface area is 96.0 Å². The Balaban J connectivity index is 2.84. The number of rotatable bonds is 2. The van der Waals surface area contributed by atoms with Gasteiger partial charge in [0.25, 0.3) is 0 Å². The van der Waals surface area contributed by atoms with Gasteiger partial charge in [0.05, 0.1) is 12.8 Å². The van der Waals surface area contributed by atoms with Crippen LogP contribution in [0.2, 0.25) is 0 Å². The van der Waals surface area contributed by atoms with Gasteiger partial charge in [-0.25, -0.2) is 0 Å². The van der Waals surface area contributed by atoms with E-state index >= 15 is 0 Å². The van der Waals surface area contributed by atoms with Crippen molar-refractivity contribution in [1.29, 1.82) is 0 Å². The molecule has 0 aromatic heterocycles. The maximum atomic E-state index is 6.07. The van der Waals surface area contributed by atoms with Crippen LogP contribution in [0.4, 0.5) is 5.69 Å². The average molecular weight is 215 g/mol. The summed E-state index contributed by atoms with van der Waals surface area (Å²) in [5.74, 6) is 1.22. The molecule has 0 saturated heterocycles. The summed E-state index contributed by atoms with van der Waals surface area (Å²) >= 11 is 0. The van der Waals surface area contributed by atoms with Gasteiger partial charge >= 0.3 is 0 Å². The van der Waals surface area contributed by atoms with E-state index in [-0.39, 0.29) is 0 Å². The Kier molecular flexibility index (Phi) is 2.73. The van der Waals surface area contributed by atoms with E-state index in [0.717, 1.165) is 16.8 Å². The summed E-state index contributed by atoms with van der Waals surface area (Å²) < 4.78 is 5.32. The van der Waals surface area contributed by atoms with Crippen molar-refractivity contribution in [2.75, 3.05) is 12.8 Å². The molecule has 2 rings (SSSR count). The highest BCUT2D eigenvalue weighted by atomic mass is 16.5. The lowest BCUT2D eigenvalue weighted by Crippen LogP contribution is -1.98. The fourth-order valence-corrected chi connectivity index (χ4v) is 2.05. The largest absolute Gasteiger partial charge is 0.495 e. The van der Waals surface area contributed by atoms with Crippen molar-refractivity contribution >= 4 is 16.5 Å². The van der Waals surface area contributed by atoms with E-state index in [4.69, 9.17) is 10.5 Å². The van der Waals surface area contributed by atoms with Crippen molar-refractivity contribution in [2.45, 2.75) is 19.8 Å². The highest BCUT2D eigenvalue weighted by molar-refractivity contribution is 5.98. The molecule has 0 heterocycles. The van der Waals surface area contributed by atoms with Gasteiger partial charge in [-0.2, -0.15) is 0 Å². The van der Waals surface area contributed by atoms with Crippen LogP contribution in [0, 0.1) is 0 Å². The third-order valence-corrected chi connectivity index (χ3v) is 2.92. The lowest BCUT2D eigenvalue weighted by molar-refractivity contribution is 0.417. The number of anilines is 1. The summed E-state index contributed by atoms with van der Waals surface area (Å²) in [7, 11) is 1.66. The van der Waals surface area contributed by atoms with Crippen LogP contribution in [0.25, 0.3) is 10.8 Å². The Morgan fingerprint density at radius 2 is 1.75 bits per heavy atom. The zero-order chi connectivity index (χ0) is 11.7. The van der Waals surface area contributed by atoms with Gasteiger partial charge in [0.2, 0.25) is 0 Å². The summed E-state index contributed by atoms with van der Waals surface area (Å²) in [6.07, 6.45) is 0. The van der Waals surface area contributed by atoms with Gasteiger partial charge in [0.1, 0.15) is 5.75 Å². The first-order chi connectivity index (χ1) is 7.65. The average Bonchev–Trinajstić information content (AvgIpc) is 2.29. The topological polar surface area (TPSA) is 35.2 Å². The molecule has 0 aliphatic heterocycles. The third kappa shape index (κ3) is 1.60. The van der Waals surface area contributed by atoms with Crippen molar-refractivity contribution in [3.05, 3.63) is 35.9 Å². The highest BCUT2D eigenvalue weighted by Crippen LogP contribution is 2.36. The predicted octanol–water partition coefficient (Wildman–Crippen LogP) is 3.55. The van der Waals surface area contributed by atoms with E-state index in [1.54, 1.807) is 7.11 Å². The standard InChI is InChI=1S/C14H17NO/c1-9(2)12-8-13(16-3)14(15)11-7-5-4-6-10(11)12/h4-9H,15H2,1-3H3. The van der Waals surface area contributed by atoms with Crippen LogP contribution in [0.3, 0.4) is 0 Å². The molecule has 0 fully saturated rings. The normalized spacial score (nSPS) is 11.0. The lowest BCUT2D eigenvalue weighted by Gasteiger charge is -2.15. The zero-order valence-corrected chi connectivity index (χ0v) is 9.95. The molecule has 16 heavy (non-hydrogen) atoms. The Morgan fingerprint density at radius 3 is 2.31 bits per heavy atom. The number of nitrogens with two attached hydrogens (primary N) is 1. The summed E-state index contributed by atoms with van der Waals surface area (Å²) in [5, 5.41) is 2.29. The number of methoxy groups -OCH3 is 1. The number of nitrogen functional groups attached to an aromatic ring is 1. The molecule has 2 N–H and O–H groups in total. The van der Waals surface area contributed by atoms with Gasteiger partial charge in [0, 0.05) is 5.39 Å². The Bertz CT molecular complexity index is 517. The Hall–Kier alpha value is -1.70. The van der Waals surface area contributed by atoms with Crippen LogP contribution in [0.1, 0.15) is 25.3 Å². The van der Waals surface area contributed by atoms with Crippen LogP contribution in [0.15, 0.2) is 30.3 Å². The minimum Gasteiger partial charge on any atom is -0.495 e. The van der Waals surface area contributed by atoms with E-state index in [1.165, 1.54) is 10.9 Å². The lowest BCUT2D eigenvalue weighted by atomic mass is 9.94. The van der Waals surface area contributed by atoms with E-state index < -0.39 is 0 Å². The summed E-state index contributed by atoms with van der Waals surface area (Å²) in [6, 6.07) is 10.2. The van der Waals surface area contributed by atoms with Crippen molar-refractivity contribution in [3.8, 4) is 5.75 Å². The van der Waals surface area contributed by atoms with Crippen molar-refractivity contribution in [3.63, 3.8) is 0 Å². The zero-order valence-electron chi connectivity index (χ0n) is 9.95. The first kappa shape index (κ1) is 10.8. The van der Waals surface area contributed by atoms with E-state index in [9.17, 15) is 0 Å². The predicted molar refractivity (Wildman–Crippen MR) is 69.0 cm³/mol. The quantitative estimate of drug-likeness (QED) is 0.777. The monoisotopic (exact) mass is 215 g/mol. The van der Waals surface area contributed by atoms with Crippen LogP contribution in [0.5, 0.6) is 5.75 Å². The van der Waals surface area contributed by atoms with Crippen molar-refractivity contribution < 1.29 is 4.74 Å². The second-order valence-corrected chi connectivity index (χ2v) is 4.28. The minimum atomic E-state index is 0.458. The van der Waals surface area contributed by atoms with Crippen LogP contribution in [-0.2, 0) is 0 Å². The second-order valence-electron chi connectivity index (χ2n) is 4.28. The second kappa shape index (κ2) is 4.05. The molecule has 0 amide bonds. The highest BCUT2D eigenvalue weighted by Gasteiger charge is 2.11. The maximum absolute atomic E-state index is 6.07. The number of benzene rings is 2. The number of fused-ring (bicyclic) bond motifs is 1. The molecular weight excluding hydrogens is 198 g/mol. The number of hydrogen-bond acceptors (Lipinski definition) is 2. The molecule has 2 aromatic carbocycles. The smallest absolute Gasteiger partial charge is 0.142 e. The van der Waals surface area contributed by atoms with E-state index in [0.29, 0.717) is 5.92 Å². The SMILES string of the molecule is COc1cc(C(C)C)c2ccccc2c1N. The molecule has 0 aliphatic carbocycles. The molecule has 0 saturated carbocycles. The molecule has 0 bridgehead atoms. The van der Waals surface area contributed by atoms with Crippen molar-refractivity contribution in [2.24, 2.45) is 0 Å². The first-order valence-corrected chi connectivity index (χ1v) is 5.50. The molecule has 0 spiro atoms. The van der Waals surface area contributed by atoms with Gasteiger partial charge in [-0.1, -0.05) is 38.1 Å². The molecule has 84 valence electrons. The van der Waals surface area contributed by atoms with Crippen LogP contribution in [-0.4, -0.2) is 7.11 Å². The minimum absolute atomic E-state index is 0.458. The fourth-order valence-electron chi connectivity index (χ4n) is 2.05. The van der Waals surface area contributed by atoms with Gasteiger partial charge in [-0.15, -0.1) is 0 Å². The molecule has 0 radical (unpaired) electrons. The fraction of sp³-hybridized carbons (Fsp3) is 0.286. The van der Waals surface area contributed by atoms with Gasteiger partial charge in [-0.05, 0) is 22.9 Å². The maximum Gasteiger partial charge on any atom is 0.142 e. The van der Waals surface area contributed by atoms with Gasteiger partial charge in [-0.3, -0.25) is 0 Å². The van der Waals surface area contributed by atoms with E-state index in [2.05, 4.69) is 19.9 Å². The number of ether oxygens (including phenoxy) is 1. The molecular formula is C14H17NO. The summed E-state index contributed by atoms with van der Waals surface area (Å²) in [4.78, 5) is 0. The molecule has 2 nitrogen and oxygen atoms in total. The van der Waals surface area contributed by atoms with Gasteiger partial charge in [0.15, 0.2) is 0 Å². The summed E-state index contributed by atoms with van der Waals surface area (Å²) in [6.45, 7) is 4.36. The van der Waals surface area contributed by atoms with Crippen LogP contribution >= 0.6 is 0 Å². The third-order valence-electron chi connectivity index (χ3n) is 2.92. The van der Waals surface area contributed by atoms with Crippen LogP contribution < -0.4 is 10.5 Å². The molecule has 0 unspecified atom stereocenters. The molecule has 2 heteroatoms. The molecule has 0 atom stereocenters. The molecule has 0 aliphatic rings. The molecule has 2 aromatic rings.